The molecule has 0 aliphatic heterocycles. The van der Waals surface area contributed by atoms with E-state index < -0.39 is 0 Å². The fourth-order valence-corrected chi connectivity index (χ4v) is 2.11. The first-order valence-electron chi connectivity index (χ1n) is 4.36. The molecule has 0 amide bonds. The number of aromatic nitrogens is 2. The Labute approximate surface area is 86.8 Å². The van der Waals surface area contributed by atoms with Crippen LogP contribution in [0.1, 0.15) is 26.7 Å². The highest BCUT2D eigenvalue weighted by molar-refractivity contribution is 6.99. The van der Waals surface area contributed by atoms with Crippen molar-refractivity contribution < 1.29 is 0 Å². The summed E-state index contributed by atoms with van der Waals surface area (Å²) >= 11 is 6.99. The van der Waals surface area contributed by atoms with Crippen LogP contribution in [0, 0.1) is 5.92 Å². The van der Waals surface area contributed by atoms with Crippen LogP contribution in [0.5, 0.6) is 0 Å². The number of anilines is 1. The number of rotatable bonds is 3. The lowest BCUT2D eigenvalue weighted by Crippen LogP contribution is -2.33. The van der Waals surface area contributed by atoms with Gasteiger partial charge in [0.25, 0.3) is 0 Å². The summed E-state index contributed by atoms with van der Waals surface area (Å²) in [7, 11) is 0. The van der Waals surface area contributed by atoms with Crippen molar-refractivity contribution in [3.8, 4) is 0 Å². The summed E-state index contributed by atoms with van der Waals surface area (Å²) in [5.74, 6) is 1.48. The minimum Gasteiger partial charge on any atom is -0.361 e. The number of hydrogen-bond donors (Lipinski definition) is 1. The van der Waals surface area contributed by atoms with Gasteiger partial charge in [-0.2, -0.15) is 8.75 Å². The van der Waals surface area contributed by atoms with Gasteiger partial charge in [0.05, 0.1) is 11.7 Å². The van der Waals surface area contributed by atoms with Crippen LogP contribution in [0.2, 0.25) is 5.15 Å². The van der Waals surface area contributed by atoms with Crippen LogP contribution in [-0.4, -0.2) is 14.3 Å². The van der Waals surface area contributed by atoms with E-state index in [1.807, 2.05) is 0 Å². The predicted molar refractivity (Wildman–Crippen MR) is 55.3 cm³/mol. The zero-order valence-electron chi connectivity index (χ0n) is 7.67. The lowest BCUT2D eigenvalue weighted by Gasteiger charge is -2.25. The van der Waals surface area contributed by atoms with Gasteiger partial charge in [-0.05, 0) is 32.6 Å². The molecule has 1 aromatic rings. The van der Waals surface area contributed by atoms with E-state index in [2.05, 4.69) is 27.9 Å². The molecule has 0 atom stereocenters. The number of hydrogen-bond acceptors (Lipinski definition) is 4. The van der Waals surface area contributed by atoms with Gasteiger partial charge in [-0.15, -0.1) is 0 Å². The molecule has 3 nitrogen and oxygen atoms in total. The highest BCUT2D eigenvalue weighted by Crippen LogP contribution is 2.41. The summed E-state index contributed by atoms with van der Waals surface area (Å²) < 4.78 is 8.01. The number of nitrogens with zero attached hydrogens (tertiary/aromatic N) is 2. The maximum absolute atomic E-state index is 5.85. The van der Waals surface area contributed by atoms with Gasteiger partial charge in [0.2, 0.25) is 0 Å². The molecule has 1 fully saturated rings. The average molecular weight is 218 g/mol. The van der Waals surface area contributed by atoms with Crippen molar-refractivity contribution in [2.24, 2.45) is 5.92 Å². The Hall–Kier alpha value is -0.350. The van der Waals surface area contributed by atoms with Gasteiger partial charge in [-0.25, -0.2) is 0 Å². The maximum atomic E-state index is 5.85. The molecule has 0 aromatic carbocycles. The minimum absolute atomic E-state index is 0.0966. The van der Waals surface area contributed by atoms with Crippen molar-refractivity contribution in [1.29, 1.82) is 0 Å². The Morgan fingerprint density at radius 2 is 2.15 bits per heavy atom. The Kier molecular flexibility index (Phi) is 2.20. The highest BCUT2D eigenvalue weighted by Gasteiger charge is 2.38. The third-order valence-corrected chi connectivity index (χ3v) is 3.38. The molecule has 1 heterocycles. The molecule has 1 aromatic heterocycles. The molecule has 1 N–H and O–H groups in total. The fourth-order valence-electron chi connectivity index (χ4n) is 1.46. The van der Waals surface area contributed by atoms with E-state index in [1.54, 1.807) is 0 Å². The van der Waals surface area contributed by atoms with Crippen molar-refractivity contribution in [2.75, 3.05) is 5.32 Å². The van der Waals surface area contributed by atoms with Gasteiger partial charge in [0.15, 0.2) is 11.0 Å². The van der Waals surface area contributed by atoms with Gasteiger partial charge < -0.3 is 5.32 Å². The van der Waals surface area contributed by atoms with Gasteiger partial charge in [0, 0.05) is 5.54 Å². The van der Waals surface area contributed by atoms with Gasteiger partial charge in [0.1, 0.15) is 0 Å². The third-order valence-electron chi connectivity index (χ3n) is 2.49. The largest absolute Gasteiger partial charge is 0.361 e. The third kappa shape index (κ3) is 1.94. The molecule has 13 heavy (non-hydrogen) atoms. The van der Waals surface area contributed by atoms with Crippen molar-refractivity contribution >= 4 is 29.1 Å². The van der Waals surface area contributed by atoms with E-state index in [1.165, 1.54) is 12.8 Å². The van der Waals surface area contributed by atoms with E-state index in [9.17, 15) is 0 Å². The molecule has 0 bridgehead atoms. The lowest BCUT2D eigenvalue weighted by atomic mass is 9.99. The molecule has 1 saturated carbocycles. The van der Waals surface area contributed by atoms with Crippen molar-refractivity contribution in [3.63, 3.8) is 0 Å². The second-order valence-corrected chi connectivity index (χ2v) is 4.91. The smallest absolute Gasteiger partial charge is 0.186 e. The average Bonchev–Trinajstić information content (AvgIpc) is 2.80. The monoisotopic (exact) mass is 217 g/mol. The van der Waals surface area contributed by atoms with Crippen LogP contribution >= 0.6 is 23.3 Å². The Balaban J connectivity index is 2.08. The number of halogens is 1. The summed E-state index contributed by atoms with van der Waals surface area (Å²) in [5.41, 5.74) is 0.0966. The van der Waals surface area contributed by atoms with E-state index in [4.69, 9.17) is 11.6 Å². The van der Waals surface area contributed by atoms with Crippen LogP contribution in [0.4, 0.5) is 5.82 Å². The second-order valence-electron chi connectivity index (χ2n) is 4.02. The molecule has 5 heteroatoms. The van der Waals surface area contributed by atoms with Gasteiger partial charge in [-0.1, -0.05) is 11.6 Å². The first-order chi connectivity index (χ1) is 6.09. The SMILES string of the molecule is CC(C)(Nc1nsnc1Cl)C1CC1. The van der Waals surface area contributed by atoms with Crippen molar-refractivity contribution in [1.82, 2.24) is 8.75 Å². The topological polar surface area (TPSA) is 37.8 Å². The van der Waals surface area contributed by atoms with E-state index in [-0.39, 0.29) is 5.54 Å². The Bertz CT molecular complexity index is 306. The van der Waals surface area contributed by atoms with Crippen molar-refractivity contribution in [2.45, 2.75) is 32.2 Å². The summed E-state index contributed by atoms with van der Waals surface area (Å²) in [6.07, 6.45) is 2.60. The van der Waals surface area contributed by atoms with E-state index in [0.717, 1.165) is 23.5 Å². The Morgan fingerprint density at radius 3 is 2.62 bits per heavy atom. The lowest BCUT2D eigenvalue weighted by molar-refractivity contribution is 0.493. The van der Waals surface area contributed by atoms with Crippen LogP contribution in [0.25, 0.3) is 0 Å². The summed E-state index contributed by atoms with van der Waals surface area (Å²) in [6.45, 7) is 4.36. The van der Waals surface area contributed by atoms with Gasteiger partial charge >= 0.3 is 0 Å². The Morgan fingerprint density at radius 1 is 1.46 bits per heavy atom. The predicted octanol–water partition coefficient (Wildman–Crippen LogP) is 2.79. The van der Waals surface area contributed by atoms with Crippen molar-refractivity contribution in [3.05, 3.63) is 5.15 Å². The molecule has 72 valence electrons. The quantitative estimate of drug-likeness (QED) is 0.846. The van der Waals surface area contributed by atoms with Crippen LogP contribution in [0.15, 0.2) is 0 Å². The van der Waals surface area contributed by atoms with Crippen LogP contribution in [0.3, 0.4) is 0 Å². The first-order valence-corrected chi connectivity index (χ1v) is 5.46. The zero-order chi connectivity index (χ0) is 9.47. The zero-order valence-corrected chi connectivity index (χ0v) is 9.24. The van der Waals surface area contributed by atoms with E-state index >= 15 is 0 Å². The number of nitrogens with one attached hydrogen (secondary N) is 1. The first kappa shape index (κ1) is 9.21. The van der Waals surface area contributed by atoms with Gasteiger partial charge in [-0.3, -0.25) is 0 Å². The molecule has 1 aliphatic rings. The summed E-state index contributed by atoms with van der Waals surface area (Å²) in [4.78, 5) is 0. The molecule has 0 unspecified atom stereocenters. The minimum atomic E-state index is 0.0966. The van der Waals surface area contributed by atoms with E-state index in [0.29, 0.717) is 5.15 Å². The normalized spacial score (nSPS) is 17.5. The highest BCUT2D eigenvalue weighted by atomic mass is 35.5. The maximum Gasteiger partial charge on any atom is 0.186 e. The van der Waals surface area contributed by atoms with Crippen LogP contribution < -0.4 is 5.32 Å². The molecule has 0 radical (unpaired) electrons. The summed E-state index contributed by atoms with van der Waals surface area (Å²) in [6, 6.07) is 0. The second kappa shape index (κ2) is 3.10. The molecule has 2 rings (SSSR count). The molecule has 0 saturated heterocycles. The molecule has 0 spiro atoms. The standard InChI is InChI=1S/C8H12ClN3S/c1-8(2,5-3-4-5)10-7-6(9)11-13-12-7/h5H,3-4H2,1-2H3,(H,10,12). The van der Waals surface area contributed by atoms with Crippen LogP contribution in [-0.2, 0) is 0 Å². The molecular formula is C8H12ClN3S. The summed E-state index contributed by atoms with van der Waals surface area (Å²) in [5, 5.41) is 3.82. The molecule has 1 aliphatic carbocycles. The fraction of sp³-hybridized carbons (Fsp3) is 0.750. The molecular weight excluding hydrogens is 206 g/mol.